The molecule has 5 nitrogen and oxygen atoms in total. The van der Waals surface area contributed by atoms with Crippen LogP contribution in [0.15, 0.2) is 60.8 Å². The Bertz CT molecular complexity index is 1020. The van der Waals surface area contributed by atoms with E-state index in [2.05, 4.69) is 15.6 Å². The van der Waals surface area contributed by atoms with Crippen molar-refractivity contribution in [2.24, 2.45) is 0 Å². The predicted molar refractivity (Wildman–Crippen MR) is 106 cm³/mol. The van der Waals surface area contributed by atoms with E-state index in [1.807, 2.05) is 6.92 Å². The summed E-state index contributed by atoms with van der Waals surface area (Å²) in [5.74, 6) is -1.16. The van der Waals surface area contributed by atoms with E-state index < -0.39 is 5.91 Å². The van der Waals surface area contributed by atoms with Crippen LogP contribution >= 0.6 is 11.6 Å². The van der Waals surface area contributed by atoms with E-state index in [1.54, 1.807) is 30.3 Å². The summed E-state index contributed by atoms with van der Waals surface area (Å²) >= 11 is 6.07. The zero-order valence-corrected chi connectivity index (χ0v) is 15.8. The molecule has 0 unspecified atom stereocenters. The Hall–Kier alpha value is -3.25. The summed E-state index contributed by atoms with van der Waals surface area (Å²) in [6.07, 6.45) is 1.39. The van der Waals surface area contributed by atoms with E-state index in [4.69, 9.17) is 11.6 Å². The van der Waals surface area contributed by atoms with Gasteiger partial charge in [-0.05, 0) is 54.4 Å². The Morgan fingerprint density at radius 3 is 2.50 bits per heavy atom. The topological polar surface area (TPSA) is 71.1 Å². The number of anilines is 1. The van der Waals surface area contributed by atoms with Crippen LogP contribution in [0.3, 0.4) is 0 Å². The number of pyridine rings is 1. The molecule has 0 spiro atoms. The lowest BCUT2D eigenvalue weighted by Crippen LogP contribution is -2.24. The van der Waals surface area contributed by atoms with E-state index in [1.165, 1.54) is 30.5 Å². The molecule has 0 saturated heterocycles. The first-order chi connectivity index (χ1) is 13.4. The van der Waals surface area contributed by atoms with Gasteiger partial charge in [-0.25, -0.2) is 4.39 Å². The molecule has 2 N–H and O–H groups in total. The first kappa shape index (κ1) is 19.5. The van der Waals surface area contributed by atoms with Crippen molar-refractivity contribution in [2.75, 3.05) is 5.32 Å². The lowest BCUT2D eigenvalue weighted by atomic mass is 10.2. The number of amides is 2. The predicted octanol–water partition coefficient (Wildman–Crippen LogP) is 4.36. The summed E-state index contributed by atoms with van der Waals surface area (Å²) in [5.41, 5.74) is 2.61. The molecule has 0 aliphatic carbocycles. The highest BCUT2D eigenvalue weighted by Crippen LogP contribution is 2.20. The van der Waals surface area contributed by atoms with Crippen molar-refractivity contribution >= 4 is 29.1 Å². The Kier molecular flexibility index (Phi) is 6.01. The number of carbonyl (C=O) groups is 2. The van der Waals surface area contributed by atoms with Gasteiger partial charge in [0.1, 0.15) is 11.5 Å². The largest absolute Gasteiger partial charge is 0.347 e. The number of hydrogen-bond donors (Lipinski definition) is 2. The second kappa shape index (κ2) is 8.63. The van der Waals surface area contributed by atoms with Crippen LogP contribution in [0.1, 0.15) is 32.0 Å². The van der Waals surface area contributed by atoms with Gasteiger partial charge in [0.05, 0.1) is 0 Å². The molecule has 1 heterocycles. The molecule has 7 heteroatoms. The SMILES string of the molecule is Cc1ccc(NC(=O)c2ccnc(C(=O)NCc3ccc(F)cc3)c2)cc1Cl. The minimum atomic E-state index is -0.433. The third-order valence-corrected chi connectivity index (χ3v) is 4.46. The third kappa shape index (κ3) is 4.92. The Morgan fingerprint density at radius 2 is 1.79 bits per heavy atom. The van der Waals surface area contributed by atoms with Crippen LogP contribution in [-0.2, 0) is 6.54 Å². The van der Waals surface area contributed by atoms with Gasteiger partial charge < -0.3 is 10.6 Å². The summed E-state index contributed by atoms with van der Waals surface area (Å²) in [6, 6.07) is 13.9. The number of aromatic nitrogens is 1. The summed E-state index contributed by atoms with van der Waals surface area (Å²) in [6.45, 7) is 2.09. The molecular formula is C21H17ClFN3O2. The van der Waals surface area contributed by atoms with Gasteiger partial charge in [-0.3, -0.25) is 14.6 Å². The van der Waals surface area contributed by atoms with E-state index in [0.717, 1.165) is 11.1 Å². The smallest absolute Gasteiger partial charge is 0.270 e. The van der Waals surface area contributed by atoms with E-state index in [-0.39, 0.29) is 24.0 Å². The monoisotopic (exact) mass is 397 g/mol. The van der Waals surface area contributed by atoms with Gasteiger partial charge in [-0.1, -0.05) is 29.8 Å². The second-order valence-electron chi connectivity index (χ2n) is 6.16. The molecule has 1 aromatic heterocycles. The van der Waals surface area contributed by atoms with Crippen LogP contribution < -0.4 is 10.6 Å². The molecule has 3 rings (SSSR count). The zero-order chi connectivity index (χ0) is 20.1. The van der Waals surface area contributed by atoms with Gasteiger partial charge in [0.15, 0.2) is 0 Å². The van der Waals surface area contributed by atoms with Crippen LogP contribution in [0, 0.1) is 12.7 Å². The highest BCUT2D eigenvalue weighted by Gasteiger charge is 2.12. The fourth-order valence-electron chi connectivity index (χ4n) is 2.44. The molecule has 28 heavy (non-hydrogen) atoms. The van der Waals surface area contributed by atoms with Crippen LogP contribution in [-0.4, -0.2) is 16.8 Å². The molecule has 0 aliphatic rings. The van der Waals surface area contributed by atoms with E-state index in [0.29, 0.717) is 16.3 Å². The molecule has 0 saturated carbocycles. The van der Waals surface area contributed by atoms with Crippen LogP contribution in [0.2, 0.25) is 5.02 Å². The van der Waals surface area contributed by atoms with Gasteiger partial charge in [0.25, 0.3) is 11.8 Å². The maximum Gasteiger partial charge on any atom is 0.270 e. The molecule has 2 aromatic carbocycles. The number of aryl methyl sites for hydroxylation is 1. The molecule has 0 radical (unpaired) electrons. The maximum absolute atomic E-state index is 12.9. The van der Waals surface area contributed by atoms with Crippen molar-refractivity contribution in [1.29, 1.82) is 0 Å². The quantitative estimate of drug-likeness (QED) is 0.671. The van der Waals surface area contributed by atoms with Crippen LogP contribution in [0.5, 0.6) is 0 Å². The van der Waals surface area contributed by atoms with Crippen molar-refractivity contribution < 1.29 is 14.0 Å². The number of nitrogens with zero attached hydrogens (tertiary/aromatic N) is 1. The Morgan fingerprint density at radius 1 is 1.04 bits per heavy atom. The molecule has 0 bridgehead atoms. The Labute approximate surface area is 166 Å². The zero-order valence-electron chi connectivity index (χ0n) is 15.0. The van der Waals surface area contributed by atoms with Gasteiger partial charge in [-0.15, -0.1) is 0 Å². The van der Waals surface area contributed by atoms with Crippen molar-refractivity contribution in [3.63, 3.8) is 0 Å². The third-order valence-electron chi connectivity index (χ3n) is 4.05. The number of rotatable bonds is 5. The standard InChI is InChI=1S/C21H17ClFN3O2/c1-13-2-7-17(11-18(13)22)26-20(27)15-8-9-24-19(10-15)21(28)25-12-14-3-5-16(23)6-4-14/h2-11H,12H2,1H3,(H,25,28)(H,26,27). The Balaban J connectivity index is 1.66. The van der Waals surface area contributed by atoms with Crippen molar-refractivity contribution in [3.05, 3.63) is 94.0 Å². The average molecular weight is 398 g/mol. The molecular weight excluding hydrogens is 381 g/mol. The van der Waals surface area contributed by atoms with Crippen molar-refractivity contribution in [2.45, 2.75) is 13.5 Å². The average Bonchev–Trinajstić information content (AvgIpc) is 2.70. The lowest BCUT2D eigenvalue weighted by Gasteiger charge is -2.08. The number of nitrogens with one attached hydrogen (secondary N) is 2. The number of carbonyl (C=O) groups excluding carboxylic acids is 2. The molecule has 0 fully saturated rings. The first-order valence-electron chi connectivity index (χ1n) is 8.48. The molecule has 3 aromatic rings. The second-order valence-corrected chi connectivity index (χ2v) is 6.56. The number of halogens is 2. The molecule has 142 valence electrons. The minimum absolute atomic E-state index is 0.108. The minimum Gasteiger partial charge on any atom is -0.347 e. The lowest BCUT2D eigenvalue weighted by molar-refractivity contribution is 0.0946. The van der Waals surface area contributed by atoms with E-state index >= 15 is 0 Å². The molecule has 2 amide bonds. The number of hydrogen-bond acceptors (Lipinski definition) is 3. The fourth-order valence-corrected chi connectivity index (χ4v) is 2.63. The summed E-state index contributed by atoms with van der Waals surface area (Å²) in [5, 5.41) is 5.98. The summed E-state index contributed by atoms with van der Waals surface area (Å²) < 4.78 is 12.9. The fraction of sp³-hybridized carbons (Fsp3) is 0.0952. The van der Waals surface area contributed by atoms with Gasteiger partial charge >= 0.3 is 0 Å². The maximum atomic E-state index is 12.9. The highest BCUT2D eigenvalue weighted by molar-refractivity contribution is 6.31. The summed E-state index contributed by atoms with van der Waals surface area (Å²) in [7, 11) is 0. The van der Waals surface area contributed by atoms with Crippen LogP contribution in [0.4, 0.5) is 10.1 Å². The van der Waals surface area contributed by atoms with Gasteiger partial charge in [-0.2, -0.15) is 0 Å². The van der Waals surface area contributed by atoms with Crippen molar-refractivity contribution in [1.82, 2.24) is 10.3 Å². The first-order valence-corrected chi connectivity index (χ1v) is 8.86. The van der Waals surface area contributed by atoms with Gasteiger partial charge in [0.2, 0.25) is 0 Å². The van der Waals surface area contributed by atoms with E-state index in [9.17, 15) is 14.0 Å². The van der Waals surface area contributed by atoms with Gasteiger partial charge in [0, 0.05) is 29.0 Å². The normalized spacial score (nSPS) is 10.4. The highest BCUT2D eigenvalue weighted by atomic mass is 35.5. The summed E-state index contributed by atoms with van der Waals surface area (Å²) in [4.78, 5) is 28.8. The van der Waals surface area contributed by atoms with Crippen molar-refractivity contribution in [3.8, 4) is 0 Å². The molecule has 0 aliphatic heterocycles. The molecule has 0 atom stereocenters. The van der Waals surface area contributed by atoms with Crippen LogP contribution in [0.25, 0.3) is 0 Å². The number of benzene rings is 2.